The lowest BCUT2D eigenvalue weighted by Crippen LogP contribution is -2.56. The lowest BCUT2D eigenvalue weighted by molar-refractivity contribution is -0.149. The van der Waals surface area contributed by atoms with Crippen LogP contribution >= 0.6 is 0 Å². The molecule has 8 heteroatoms. The Hall–Kier alpha value is -2.45. The third-order valence-corrected chi connectivity index (χ3v) is 7.76. The topological polar surface area (TPSA) is 108 Å². The Morgan fingerprint density at radius 1 is 1.21 bits per heavy atom. The predicted octanol–water partition coefficient (Wildman–Crippen LogP) is 1.54. The molecule has 180 valence electrons. The van der Waals surface area contributed by atoms with Crippen LogP contribution in [0.25, 0.3) is 0 Å². The Bertz CT molecular complexity index is 909. The number of hydrogen-bond acceptors (Lipinski definition) is 5. The van der Waals surface area contributed by atoms with Gasteiger partial charge >= 0.3 is 0 Å². The summed E-state index contributed by atoms with van der Waals surface area (Å²) in [6.45, 7) is 4.14. The molecule has 3 amide bonds. The summed E-state index contributed by atoms with van der Waals surface area (Å²) >= 11 is 0. The fourth-order valence-electron chi connectivity index (χ4n) is 6.27. The molecule has 0 aromatic heterocycles. The van der Waals surface area contributed by atoms with Crippen molar-refractivity contribution in [1.82, 2.24) is 15.5 Å². The first-order valence-electron chi connectivity index (χ1n) is 12.0. The average Bonchev–Trinajstić information content (AvgIpc) is 3.38. The lowest BCUT2D eigenvalue weighted by atomic mass is 9.66. The van der Waals surface area contributed by atoms with Gasteiger partial charge in [-0.25, -0.2) is 0 Å². The van der Waals surface area contributed by atoms with E-state index < -0.39 is 35.1 Å². The highest BCUT2D eigenvalue weighted by molar-refractivity contribution is 5.99. The number of carbonyl (C=O) groups is 3. The lowest BCUT2D eigenvalue weighted by Gasteiger charge is -2.37. The molecule has 1 spiro atoms. The molecule has 4 rings (SSSR count). The monoisotopic (exact) mass is 457 g/mol. The van der Waals surface area contributed by atoms with E-state index in [2.05, 4.69) is 17.6 Å². The zero-order chi connectivity index (χ0) is 23.8. The van der Waals surface area contributed by atoms with Gasteiger partial charge in [0.25, 0.3) is 0 Å². The molecule has 33 heavy (non-hydrogen) atoms. The van der Waals surface area contributed by atoms with Crippen LogP contribution in [0.2, 0.25) is 0 Å². The second-order valence-corrected chi connectivity index (χ2v) is 9.69. The molecule has 3 N–H and O–H groups in total. The van der Waals surface area contributed by atoms with Crippen molar-refractivity contribution in [1.29, 1.82) is 0 Å². The van der Waals surface area contributed by atoms with E-state index in [1.54, 1.807) is 7.05 Å². The molecule has 1 aromatic carbocycles. The maximum atomic E-state index is 14.0. The zero-order valence-corrected chi connectivity index (χ0v) is 19.7. The van der Waals surface area contributed by atoms with Crippen LogP contribution in [0.4, 0.5) is 0 Å². The Labute approximate surface area is 195 Å². The quantitative estimate of drug-likeness (QED) is 0.488. The number of amides is 3. The van der Waals surface area contributed by atoms with Crippen LogP contribution in [-0.4, -0.2) is 65.2 Å². The van der Waals surface area contributed by atoms with Crippen molar-refractivity contribution in [2.75, 3.05) is 20.2 Å². The van der Waals surface area contributed by atoms with E-state index in [-0.39, 0.29) is 24.3 Å². The maximum Gasteiger partial charge on any atom is 0.245 e. The first-order valence-corrected chi connectivity index (χ1v) is 12.0. The molecular weight excluding hydrogens is 422 g/mol. The zero-order valence-electron chi connectivity index (χ0n) is 19.7. The SMILES string of the molecule is CCCCCNC(=O)C1N([C@H](CO)c2ccccc2)C(=O)[C@@H]2[C@H](C(=O)NC)[C@]3(C)CCC12O3. The maximum absolute atomic E-state index is 14.0. The molecule has 8 nitrogen and oxygen atoms in total. The number of carbonyl (C=O) groups excluding carboxylic acids is 3. The molecule has 0 radical (unpaired) electrons. The number of hydrogen-bond donors (Lipinski definition) is 3. The molecule has 1 aromatic rings. The standard InChI is InChI=1S/C25H35N3O5/c1-4-5-9-14-27-22(31)20-25-13-12-24(2,33-25)18(21(30)26-3)19(25)23(32)28(20)17(15-29)16-10-7-6-8-11-16/h6-8,10-11,17-20,29H,4-5,9,12-15H2,1-3H3,(H,26,30)(H,27,31)/t17-,18-,19+,20?,24+,25?/m1/s1. The summed E-state index contributed by atoms with van der Waals surface area (Å²) in [5, 5.41) is 16.1. The highest BCUT2D eigenvalue weighted by atomic mass is 16.5. The van der Waals surface area contributed by atoms with Crippen LogP contribution in [0.15, 0.2) is 30.3 Å². The van der Waals surface area contributed by atoms with Gasteiger partial charge in [0.05, 0.1) is 30.1 Å². The normalized spacial score (nSPS) is 33.2. The number of rotatable bonds is 9. The van der Waals surface area contributed by atoms with E-state index in [9.17, 15) is 19.5 Å². The van der Waals surface area contributed by atoms with Crippen LogP contribution in [0, 0.1) is 11.8 Å². The third kappa shape index (κ3) is 3.64. The van der Waals surface area contributed by atoms with E-state index >= 15 is 0 Å². The van der Waals surface area contributed by atoms with E-state index in [0.29, 0.717) is 19.4 Å². The van der Waals surface area contributed by atoms with Crippen LogP contribution in [0.3, 0.4) is 0 Å². The summed E-state index contributed by atoms with van der Waals surface area (Å²) < 4.78 is 6.53. The molecule has 2 bridgehead atoms. The van der Waals surface area contributed by atoms with Crippen LogP contribution < -0.4 is 10.6 Å². The van der Waals surface area contributed by atoms with Crippen molar-refractivity contribution in [3.8, 4) is 0 Å². The Kier molecular flexibility index (Phi) is 6.51. The number of benzene rings is 1. The summed E-state index contributed by atoms with van der Waals surface area (Å²) in [7, 11) is 1.56. The molecule has 3 fully saturated rings. The smallest absolute Gasteiger partial charge is 0.245 e. The molecular formula is C25H35N3O5. The van der Waals surface area contributed by atoms with Crippen molar-refractivity contribution in [2.45, 2.75) is 69.2 Å². The minimum Gasteiger partial charge on any atom is -0.394 e. The van der Waals surface area contributed by atoms with Gasteiger partial charge in [-0.2, -0.15) is 0 Å². The third-order valence-electron chi connectivity index (χ3n) is 7.76. The van der Waals surface area contributed by atoms with Crippen molar-refractivity contribution in [3.05, 3.63) is 35.9 Å². The summed E-state index contributed by atoms with van der Waals surface area (Å²) in [6, 6.07) is 7.61. The minimum atomic E-state index is -1.08. The minimum absolute atomic E-state index is 0.248. The van der Waals surface area contributed by atoms with Gasteiger partial charge in [0, 0.05) is 13.6 Å². The summed E-state index contributed by atoms with van der Waals surface area (Å²) in [4.78, 5) is 42.0. The molecule has 3 heterocycles. The number of fused-ring (bicyclic) bond motifs is 1. The van der Waals surface area contributed by atoms with Crippen molar-refractivity contribution in [2.24, 2.45) is 11.8 Å². The van der Waals surface area contributed by atoms with Gasteiger partial charge in [-0.05, 0) is 31.7 Å². The van der Waals surface area contributed by atoms with Crippen LogP contribution in [0.1, 0.15) is 57.6 Å². The van der Waals surface area contributed by atoms with Gasteiger partial charge in [-0.15, -0.1) is 0 Å². The first kappa shape index (κ1) is 23.7. The van der Waals surface area contributed by atoms with Crippen LogP contribution in [0.5, 0.6) is 0 Å². The second-order valence-electron chi connectivity index (χ2n) is 9.69. The predicted molar refractivity (Wildman–Crippen MR) is 122 cm³/mol. The average molecular weight is 458 g/mol. The molecule has 6 atom stereocenters. The number of aliphatic hydroxyl groups is 1. The van der Waals surface area contributed by atoms with E-state index in [1.807, 2.05) is 37.3 Å². The summed E-state index contributed by atoms with van der Waals surface area (Å²) in [5.41, 5.74) is -1.14. The Morgan fingerprint density at radius 3 is 2.58 bits per heavy atom. The van der Waals surface area contributed by atoms with Gasteiger partial charge in [0.1, 0.15) is 11.6 Å². The second kappa shape index (κ2) is 9.06. The highest BCUT2D eigenvalue weighted by Gasteiger charge is 2.78. The number of nitrogens with zero attached hydrogens (tertiary/aromatic N) is 1. The van der Waals surface area contributed by atoms with Gasteiger partial charge in [-0.3, -0.25) is 14.4 Å². The number of aliphatic hydroxyl groups excluding tert-OH is 1. The largest absolute Gasteiger partial charge is 0.394 e. The van der Waals surface area contributed by atoms with Gasteiger partial charge in [0.2, 0.25) is 17.7 Å². The molecule has 0 saturated carbocycles. The Morgan fingerprint density at radius 2 is 1.94 bits per heavy atom. The molecule has 2 unspecified atom stereocenters. The fourth-order valence-corrected chi connectivity index (χ4v) is 6.27. The van der Waals surface area contributed by atoms with Gasteiger partial charge < -0.3 is 25.4 Å². The number of likely N-dealkylation sites (tertiary alicyclic amines) is 1. The van der Waals surface area contributed by atoms with Gasteiger partial charge in [0.15, 0.2) is 0 Å². The summed E-state index contributed by atoms with van der Waals surface area (Å²) in [6.07, 6.45) is 3.99. The molecule has 3 aliphatic heterocycles. The van der Waals surface area contributed by atoms with Gasteiger partial charge in [-0.1, -0.05) is 50.1 Å². The van der Waals surface area contributed by atoms with Crippen LogP contribution in [-0.2, 0) is 19.1 Å². The molecule has 0 aliphatic carbocycles. The Balaban J connectivity index is 1.76. The van der Waals surface area contributed by atoms with E-state index in [0.717, 1.165) is 24.8 Å². The van der Waals surface area contributed by atoms with E-state index in [4.69, 9.17) is 4.74 Å². The molecule has 3 aliphatic rings. The number of ether oxygens (including phenoxy) is 1. The van der Waals surface area contributed by atoms with Crippen molar-refractivity contribution >= 4 is 17.7 Å². The molecule has 3 saturated heterocycles. The van der Waals surface area contributed by atoms with Crippen molar-refractivity contribution in [3.63, 3.8) is 0 Å². The number of unbranched alkanes of at least 4 members (excludes halogenated alkanes) is 2. The van der Waals surface area contributed by atoms with E-state index in [1.165, 1.54) is 4.90 Å². The highest BCUT2D eigenvalue weighted by Crippen LogP contribution is 2.63. The number of nitrogens with one attached hydrogen (secondary N) is 2. The fraction of sp³-hybridized carbons (Fsp3) is 0.640. The summed E-state index contributed by atoms with van der Waals surface area (Å²) in [5.74, 6) is -2.27. The first-order chi connectivity index (χ1) is 15.8. The van der Waals surface area contributed by atoms with Crippen molar-refractivity contribution < 1.29 is 24.2 Å².